The van der Waals surface area contributed by atoms with Crippen molar-refractivity contribution in [1.29, 1.82) is 0 Å². The smallest absolute Gasteiger partial charge is 0.122 e. The van der Waals surface area contributed by atoms with Gasteiger partial charge in [0, 0.05) is 38.1 Å². The van der Waals surface area contributed by atoms with Crippen LogP contribution in [0.5, 0.6) is 0 Å². The van der Waals surface area contributed by atoms with Crippen molar-refractivity contribution in [2.75, 3.05) is 13.1 Å². The highest BCUT2D eigenvalue weighted by Crippen LogP contribution is 2.22. The molecule has 0 aliphatic carbocycles. The zero-order valence-corrected chi connectivity index (χ0v) is 11.0. The van der Waals surface area contributed by atoms with E-state index in [4.69, 9.17) is 5.73 Å². The van der Waals surface area contributed by atoms with E-state index in [1.807, 2.05) is 6.20 Å². The van der Waals surface area contributed by atoms with Crippen LogP contribution in [0.25, 0.3) is 0 Å². The third-order valence-corrected chi connectivity index (χ3v) is 4.08. The average molecular weight is 236 g/mol. The molecular weight excluding hydrogens is 212 g/mol. The first kappa shape index (κ1) is 12.6. The molecule has 1 aromatic rings. The SMILES string of the molecule is CCC(CC)C(CN)N1CCn2ccnc2C1. The summed E-state index contributed by atoms with van der Waals surface area (Å²) in [6.45, 7) is 8.38. The van der Waals surface area contributed by atoms with Crippen molar-refractivity contribution >= 4 is 0 Å². The molecule has 1 atom stereocenters. The van der Waals surface area contributed by atoms with E-state index in [0.717, 1.165) is 26.2 Å². The molecule has 4 nitrogen and oxygen atoms in total. The molecule has 4 heteroatoms. The van der Waals surface area contributed by atoms with Gasteiger partial charge in [0.05, 0.1) is 6.54 Å². The van der Waals surface area contributed by atoms with Gasteiger partial charge in [0.25, 0.3) is 0 Å². The quantitative estimate of drug-likeness (QED) is 0.842. The van der Waals surface area contributed by atoms with E-state index in [-0.39, 0.29) is 0 Å². The minimum Gasteiger partial charge on any atom is -0.333 e. The third-order valence-electron chi connectivity index (χ3n) is 4.08. The number of aromatic nitrogens is 2. The Balaban J connectivity index is 2.07. The van der Waals surface area contributed by atoms with E-state index in [2.05, 4.69) is 34.5 Å². The maximum atomic E-state index is 5.98. The van der Waals surface area contributed by atoms with Gasteiger partial charge in [-0.3, -0.25) is 4.90 Å². The Morgan fingerprint density at radius 2 is 2.12 bits per heavy atom. The Morgan fingerprint density at radius 1 is 1.35 bits per heavy atom. The summed E-state index contributed by atoms with van der Waals surface area (Å²) in [6.07, 6.45) is 6.39. The predicted octanol–water partition coefficient (Wildman–Crippen LogP) is 1.46. The predicted molar refractivity (Wildman–Crippen MR) is 69.6 cm³/mol. The zero-order chi connectivity index (χ0) is 12.3. The van der Waals surface area contributed by atoms with Crippen LogP contribution in [-0.4, -0.2) is 33.6 Å². The van der Waals surface area contributed by atoms with Gasteiger partial charge < -0.3 is 10.3 Å². The van der Waals surface area contributed by atoms with Crippen molar-refractivity contribution in [3.63, 3.8) is 0 Å². The van der Waals surface area contributed by atoms with E-state index in [1.165, 1.54) is 18.7 Å². The Hall–Kier alpha value is -0.870. The van der Waals surface area contributed by atoms with Gasteiger partial charge in [0.15, 0.2) is 0 Å². The lowest BCUT2D eigenvalue weighted by Gasteiger charge is -2.38. The number of imidazole rings is 1. The highest BCUT2D eigenvalue weighted by molar-refractivity contribution is 4.97. The van der Waals surface area contributed by atoms with Crippen LogP contribution in [0.4, 0.5) is 0 Å². The summed E-state index contributed by atoms with van der Waals surface area (Å²) in [5.74, 6) is 1.89. The topological polar surface area (TPSA) is 47.1 Å². The van der Waals surface area contributed by atoms with Crippen molar-refractivity contribution in [1.82, 2.24) is 14.5 Å². The normalized spacial score (nSPS) is 18.4. The number of nitrogens with two attached hydrogens (primary N) is 1. The van der Waals surface area contributed by atoms with Crippen molar-refractivity contribution in [2.24, 2.45) is 11.7 Å². The molecule has 0 aromatic carbocycles. The number of rotatable bonds is 5. The van der Waals surface area contributed by atoms with Gasteiger partial charge >= 0.3 is 0 Å². The monoisotopic (exact) mass is 236 g/mol. The summed E-state index contributed by atoms with van der Waals surface area (Å²) in [4.78, 5) is 6.93. The lowest BCUT2D eigenvalue weighted by Crippen LogP contribution is -2.48. The molecule has 0 spiro atoms. The molecule has 0 fully saturated rings. The number of nitrogens with zero attached hydrogens (tertiary/aromatic N) is 3. The van der Waals surface area contributed by atoms with Gasteiger partial charge in [-0.15, -0.1) is 0 Å². The van der Waals surface area contributed by atoms with Gasteiger partial charge in [-0.2, -0.15) is 0 Å². The fraction of sp³-hybridized carbons (Fsp3) is 0.769. The number of fused-ring (bicyclic) bond motifs is 1. The van der Waals surface area contributed by atoms with Gasteiger partial charge in [0.1, 0.15) is 5.82 Å². The molecule has 2 rings (SSSR count). The van der Waals surface area contributed by atoms with Crippen molar-refractivity contribution in [2.45, 2.75) is 45.8 Å². The molecule has 1 aliphatic rings. The molecule has 96 valence electrons. The summed E-state index contributed by atoms with van der Waals surface area (Å²) in [6, 6.07) is 0.510. The zero-order valence-electron chi connectivity index (χ0n) is 11.0. The minimum absolute atomic E-state index is 0.510. The first-order chi connectivity index (χ1) is 8.30. The lowest BCUT2D eigenvalue weighted by molar-refractivity contribution is 0.107. The van der Waals surface area contributed by atoms with E-state index in [1.54, 1.807) is 0 Å². The van der Waals surface area contributed by atoms with Crippen LogP contribution < -0.4 is 5.73 Å². The maximum Gasteiger partial charge on any atom is 0.122 e. The minimum atomic E-state index is 0.510. The fourth-order valence-corrected chi connectivity index (χ4v) is 2.95. The second-order valence-electron chi connectivity index (χ2n) is 4.89. The molecule has 17 heavy (non-hydrogen) atoms. The molecule has 0 saturated heterocycles. The number of hydrogen-bond donors (Lipinski definition) is 1. The Bertz CT molecular complexity index is 343. The molecule has 1 aromatic heterocycles. The molecule has 1 aliphatic heterocycles. The maximum absolute atomic E-state index is 5.98. The summed E-state index contributed by atoms with van der Waals surface area (Å²) in [5.41, 5.74) is 5.98. The Labute approximate surface area is 104 Å². The second kappa shape index (κ2) is 5.65. The Morgan fingerprint density at radius 3 is 2.76 bits per heavy atom. The summed E-state index contributed by atoms with van der Waals surface area (Å²) >= 11 is 0. The number of hydrogen-bond acceptors (Lipinski definition) is 3. The van der Waals surface area contributed by atoms with Gasteiger partial charge in [0.2, 0.25) is 0 Å². The molecular formula is C13H24N4. The van der Waals surface area contributed by atoms with Crippen molar-refractivity contribution < 1.29 is 0 Å². The summed E-state index contributed by atoms with van der Waals surface area (Å²) < 4.78 is 2.25. The Kier molecular flexibility index (Phi) is 4.18. The summed E-state index contributed by atoms with van der Waals surface area (Å²) in [5, 5.41) is 0. The first-order valence-electron chi connectivity index (χ1n) is 6.74. The molecule has 2 heterocycles. The highest BCUT2D eigenvalue weighted by Gasteiger charge is 2.27. The van der Waals surface area contributed by atoms with Crippen LogP contribution in [0.2, 0.25) is 0 Å². The molecule has 1 unspecified atom stereocenters. The molecule has 0 amide bonds. The third kappa shape index (κ3) is 2.53. The van der Waals surface area contributed by atoms with E-state index >= 15 is 0 Å². The van der Waals surface area contributed by atoms with E-state index in [9.17, 15) is 0 Å². The van der Waals surface area contributed by atoms with Crippen LogP contribution in [0.1, 0.15) is 32.5 Å². The van der Waals surface area contributed by atoms with Gasteiger partial charge in [-0.05, 0) is 5.92 Å². The summed E-state index contributed by atoms with van der Waals surface area (Å²) in [7, 11) is 0. The van der Waals surface area contributed by atoms with E-state index in [0.29, 0.717) is 12.0 Å². The lowest BCUT2D eigenvalue weighted by atomic mass is 9.92. The standard InChI is InChI=1S/C13H24N4/c1-3-11(4-2)12(9-14)17-8-7-16-6-5-15-13(16)10-17/h5-6,11-12H,3-4,7-10,14H2,1-2H3. The van der Waals surface area contributed by atoms with Gasteiger partial charge in [-0.25, -0.2) is 4.98 Å². The van der Waals surface area contributed by atoms with Crippen LogP contribution >= 0.6 is 0 Å². The first-order valence-corrected chi connectivity index (χ1v) is 6.74. The van der Waals surface area contributed by atoms with E-state index < -0.39 is 0 Å². The van der Waals surface area contributed by atoms with Crippen LogP contribution in [0, 0.1) is 5.92 Å². The largest absolute Gasteiger partial charge is 0.333 e. The van der Waals surface area contributed by atoms with Crippen LogP contribution in [-0.2, 0) is 13.1 Å². The second-order valence-corrected chi connectivity index (χ2v) is 4.89. The highest BCUT2D eigenvalue weighted by atomic mass is 15.3. The molecule has 2 N–H and O–H groups in total. The fourth-order valence-electron chi connectivity index (χ4n) is 2.95. The average Bonchev–Trinajstić information content (AvgIpc) is 2.82. The van der Waals surface area contributed by atoms with Crippen molar-refractivity contribution in [3.05, 3.63) is 18.2 Å². The molecule has 0 saturated carbocycles. The molecule has 0 radical (unpaired) electrons. The van der Waals surface area contributed by atoms with Crippen LogP contribution in [0.15, 0.2) is 12.4 Å². The molecule has 0 bridgehead atoms. The van der Waals surface area contributed by atoms with Crippen LogP contribution in [0.3, 0.4) is 0 Å². The van der Waals surface area contributed by atoms with Gasteiger partial charge in [-0.1, -0.05) is 26.7 Å². The van der Waals surface area contributed by atoms with Crippen molar-refractivity contribution in [3.8, 4) is 0 Å².